The van der Waals surface area contributed by atoms with E-state index >= 15 is 0 Å². The summed E-state index contributed by atoms with van der Waals surface area (Å²) in [6.07, 6.45) is 0. The minimum absolute atomic E-state index is 0.825. The van der Waals surface area contributed by atoms with Gasteiger partial charge in [-0.05, 0) is 71.4 Å². The molecule has 4 heterocycles. The molecule has 8 aromatic carbocycles. The number of fused-ring (bicyclic) bond motifs is 12. The largest absolute Gasteiger partial charge is 0.309 e. The van der Waals surface area contributed by atoms with Crippen molar-refractivity contribution in [1.29, 1.82) is 0 Å². The Labute approximate surface area is 307 Å². The summed E-state index contributed by atoms with van der Waals surface area (Å²) >= 11 is 1.83. The summed E-state index contributed by atoms with van der Waals surface area (Å²) in [7, 11) is 0. The molecule has 4 nitrogen and oxygen atoms in total. The molecule has 0 atom stereocenters. The standard InChI is InChI=1S/C48H28N4S/c1-2-13-31-29(12-1)24-26-42-45(31)36-28-30(51-39-20-8-3-14-32(39)33-15-4-9-21-40(33)51)25-27-41(36)52(42)48-47(49-37-18-6-7-19-38(37)50-48)35-17-11-23-44-46(35)34-16-5-10-22-43(34)53-44/h1-28H. The maximum absolute atomic E-state index is 5.50. The zero-order valence-corrected chi connectivity index (χ0v) is 29.2. The fraction of sp³-hybridized carbons (Fsp3) is 0. The van der Waals surface area contributed by atoms with Crippen LogP contribution in [0.5, 0.6) is 0 Å². The molecule has 0 saturated carbocycles. The van der Waals surface area contributed by atoms with Crippen LogP contribution in [0.15, 0.2) is 170 Å². The van der Waals surface area contributed by atoms with Crippen molar-refractivity contribution in [2.24, 2.45) is 0 Å². The molecule has 0 N–H and O–H groups in total. The van der Waals surface area contributed by atoms with Crippen LogP contribution in [0, 0.1) is 0 Å². The zero-order chi connectivity index (χ0) is 34.6. The number of nitrogens with zero attached hydrogens (tertiary/aromatic N) is 4. The molecule has 5 heteroatoms. The summed E-state index contributed by atoms with van der Waals surface area (Å²) < 4.78 is 7.27. The number of aromatic nitrogens is 4. The van der Waals surface area contributed by atoms with Crippen molar-refractivity contribution in [3.63, 3.8) is 0 Å². The van der Waals surface area contributed by atoms with E-state index in [9.17, 15) is 0 Å². The van der Waals surface area contributed by atoms with Gasteiger partial charge >= 0.3 is 0 Å². The van der Waals surface area contributed by atoms with Gasteiger partial charge in [-0.2, -0.15) is 0 Å². The Morgan fingerprint density at radius 2 is 1.02 bits per heavy atom. The lowest BCUT2D eigenvalue weighted by Gasteiger charge is -2.15. The molecule has 246 valence electrons. The molecule has 0 aliphatic carbocycles. The zero-order valence-electron chi connectivity index (χ0n) is 28.4. The molecule has 12 rings (SSSR count). The number of benzene rings is 8. The smallest absolute Gasteiger partial charge is 0.165 e. The molecular weight excluding hydrogens is 665 g/mol. The van der Waals surface area contributed by atoms with Gasteiger partial charge in [0, 0.05) is 53.0 Å². The van der Waals surface area contributed by atoms with Crippen LogP contribution in [0.4, 0.5) is 0 Å². The number of para-hydroxylation sites is 4. The van der Waals surface area contributed by atoms with E-state index < -0.39 is 0 Å². The van der Waals surface area contributed by atoms with Gasteiger partial charge < -0.3 is 4.57 Å². The fourth-order valence-corrected chi connectivity index (χ4v) is 9.78. The van der Waals surface area contributed by atoms with Gasteiger partial charge in [-0.25, -0.2) is 9.97 Å². The minimum atomic E-state index is 0.825. The Bertz CT molecular complexity index is 3420. The topological polar surface area (TPSA) is 35.6 Å². The van der Waals surface area contributed by atoms with Gasteiger partial charge in [-0.1, -0.05) is 109 Å². The first-order valence-corrected chi connectivity index (χ1v) is 18.7. The van der Waals surface area contributed by atoms with E-state index in [1.165, 1.54) is 63.5 Å². The third kappa shape index (κ3) is 4.05. The van der Waals surface area contributed by atoms with Crippen molar-refractivity contribution in [1.82, 2.24) is 19.1 Å². The molecule has 0 aliphatic heterocycles. The Hall–Kier alpha value is -6.82. The normalized spacial score (nSPS) is 12.2. The van der Waals surface area contributed by atoms with E-state index in [1.807, 2.05) is 23.5 Å². The lowest BCUT2D eigenvalue weighted by molar-refractivity contribution is 1.08. The molecular formula is C48H28N4S. The van der Waals surface area contributed by atoms with Crippen LogP contribution in [-0.4, -0.2) is 19.1 Å². The lowest BCUT2D eigenvalue weighted by Crippen LogP contribution is -2.04. The minimum Gasteiger partial charge on any atom is -0.309 e. The molecule has 0 radical (unpaired) electrons. The van der Waals surface area contributed by atoms with Crippen LogP contribution in [-0.2, 0) is 0 Å². The van der Waals surface area contributed by atoms with Crippen LogP contribution in [0.1, 0.15) is 0 Å². The third-order valence-corrected chi connectivity index (χ3v) is 12.0. The molecule has 4 aromatic heterocycles. The number of hydrogen-bond acceptors (Lipinski definition) is 3. The lowest BCUT2D eigenvalue weighted by atomic mass is 10.0. The maximum atomic E-state index is 5.50. The number of hydrogen-bond donors (Lipinski definition) is 0. The summed E-state index contributed by atoms with van der Waals surface area (Å²) in [5, 5.41) is 9.78. The summed E-state index contributed by atoms with van der Waals surface area (Å²) in [6.45, 7) is 0. The van der Waals surface area contributed by atoms with E-state index in [1.54, 1.807) is 0 Å². The van der Waals surface area contributed by atoms with Crippen molar-refractivity contribution >= 4 is 96.9 Å². The summed E-state index contributed by atoms with van der Waals surface area (Å²) in [5.74, 6) is 0.825. The number of thiophene rings is 1. The third-order valence-electron chi connectivity index (χ3n) is 10.9. The van der Waals surface area contributed by atoms with Gasteiger partial charge in [0.25, 0.3) is 0 Å². The Morgan fingerprint density at radius 3 is 1.83 bits per heavy atom. The second-order valence-corrected chi connectivity index (χ2v) is 14.8. The van der Waals surface area contributed by atoms with Crippen molar-refractivity contribution in [2.75, 3.05) is 0 Å². The molecule has 0 aliphatic rings. The van der Waals surface area contributed by atoms with Crippen molar-refractivity contribution in [3.05, 3.63) is 170 Å². The average molecular weight is 693 g/mol. The first kappa shape index (κ1) is 28.8. The second-order valence-electron chi connectivity index (χ2n) is 13.7. The van der Waals surface area contributed by atoms with Crippen molar-refractivity contribution in [3.8, 4) is 22.8 Å². The van der Waals surface area contributed by atoms with E-state index in [2.05, 4.69) is 167 Å². The van der Waals surface area contributed by atoms with Gasteiger partial charge in [0.15, 0.2) is 5.82 Å². The molecule has 12 aromatic rings. The Morgan fingerprint density at radius 1 is 0.396 bits per heavy atom. The van der Waals surface area contributed by atoms with Crippen molar-refractivity contribution in [2.45, 2.75) is 0 Å². The SMILES string of the molecule is c1ccc2c(c1)ccc1c2c2cc(-n3c4ccccc4c4ccccc43)ccc2n1-c1nc2ccccc2nc1-c1cccc2sc3ccccc3c12. The van der Waals surface area contributed by atoms with Gasteiger partial charge in [0.1, 0.15) is 5.69 Å². The van der Waals surface area contributed by atoms with E-state index in [4.69, 9.17) is 9.97 Å². The van der Waals surface area contributed by atoms with Gasteiger partial charge in [-0.15, -0.1) is 11.3 Å². The highest BCUT2D eigenvalue weighted by Crippen LogP contribution is 2.44. The van der Waals surface area contributed by atoms with Crippen LogP contribution in [0.2, 0.25) is 0 Å². The predicted molar refractivity (Wildman–Crippen MR) is 224 cm³/mol. The average Bonchev–Trinajstić information content (AvgIpc) is 3.88. The Balaban J connectivity index is 1.23. The predicted octanol–water partition coefficient (Wildman–Crippen LogP) is 13.0. The van der Waals surface area contributed by atoms with Gasteiger partial charge in [0.05, 0.1) is 33.1 Å². The molecule has 53 heavy (non-hydrogen) atoms. The highest BCUT2D eigenvalue weighted by molar-refractivity contribution is 7.25. The quantitative estimate of drug-likeness (QED) is 0.185. The fourth-order valence-electron chi connectivity index (χ4n) is 8.65. The summed E-state index contributed by atoms with van der Waals surface area (Å²) in [5.41, 5.74) is 9.42. The highest BCUT2D eigenvalue weighted by atomic mass is 32.1. The first-order chi connectivity index (χ1) is 26.3. The van der Waals surface area contributed by atoms with Crippen LogP contribution < -0.4 is 0 Å². The first-order valence-electron chi connectivity index (χ1n) is 17.9. The molecule has 0 bridgehead atoms. The van der Waals surface area contributed by atoms with Crippen LogP contribution in [0.25, 0.3) is 108 Å². The van der Waals surface area contributed by atoms with E-state index in [0.717, 1.165) is 44.8 Å². The second kappa shape index (κ2) is 10.8. The maximum Gasteiger partial charge on any atom is 0.165 e. The molecule has 0 amide bonds. The van der Waals surface area contributed by atoms with Gasteiger partial charge in [0.2, 0.25) is 0 Å². The Kier molecular flexibility index (Phi) is 5.90. The molecule has 0 unspecified atom stereocenters. The van der Waals surface area contributed by atoms with Crippen LogP contribution >= 0.6 is 11.3 Å². The number of rotatable bonds is 3. The van der Waals surface area contributed by atoms with Crippen LogP contribution in [0.3, 0.4) is 0 Å². The monoisotopic (exact) mass is 692 g/mol. The van der Waals surface area contributed by atoms with E-state index in [-0.39, 0.29) is 0 Å². The summed E-state index contributed by atoms with van der Waals surface area (Å²) in [4.78, 5) is 11.0. The highest BCUT2D eigenvalue weighted by Gasteiger charge is 2.23. The molecule has 0 spiro atoms. The van der Waals surface area contributed by atoms with E-state index in [0.29, 0.717) is 0 Å². The van der Waals surface area contributed by atoms with Gasteiger partial charge in [-0.3, -0.25) is 4.57 Å². The molecule has 0 fully saturated rings. The van der Waals surface area contributed by atoms with Crippen molar-refractivity contribution < 1.29 is 0 Å². The summed E-state index contributed by atoms with van der Waals surface area (Å²) in [6, 6.07) is 61.1. The molecule has 0 saturated heterocycles.